The number of aryl methyl sites for hydroxylation is 1. The third-order valence-corrected chi connectivity index (χ3v) is 5.28. The molecule has 2 aromatic heterocycles. The summed E-state index contributed by atoms with van der Waals surface area (Å²) in [7, 11) is 0. The predicted molar refractivity (Wildman–Crippen MR) is 101 cm³/mol. The third-order valence-electron chi connectivity index (χ3n) is 5.28. The number of anilines is 1. The SMILES string of the molecule is CCCN1CCCN(c2nc(-c3ccncc3)nc3c2CCC3)CC1. The zero-order valence-corrected chi connectivity index (χ0v) is 15.1. The maximum absolute atomic E-state index is 5.02. The Hall–Kier alpha value is -2.01. The molecule has 4 rings (SSSR count). The maximum Gasteiger partial charge on any atom is 0.161 e. The van der Waals surface area contributed by atoms with E-state index in [2.05, 4.69) is 21.7 Å². The molecule has 0 spiro atoms. The van der Waals surface area contributed by atoms with E-state index in [4.69, 9.17) is 9.97 Å². The molecule has 25 heavy (non-hydrogen) atoms. The van der Waals surface area contributed by atoms with Crippen LogP contribution in [0.15, 0.2) is 24.5 Å². The minimum atomic E-state index is 0.854. The van der Waals surface area contributed by atoms with Gasteiger partial charge in [-0.25, -0.2) is 9.97 Å². The van der Waals surface area contributed by atoms with Gasteiger partial charge in [-0.3, -0.25) is 4.98 Å². The van der Waals surface area contributed by atoms with Gasteiger partial charge in [0.2, 0.25) is 0 Å². The Morgan fingerprint density at radius 3 is 2.68 bits per heavy atom. The van der Waals surface area contributed by atoms with E-state index in [1.165, 1.54) is 49.4 Å². The number of pyridine rings is 1. The average molecular weight is 337 g/mol. The molecule has 2 aromatic rings. The van der Waals surface area contributed by atoms with Crippen LogP contribution in [0.5, 0.6) is 0 Å². The van der Waals surface area contributed by atoms with Gasteiger partial charge in [0, 0.05) is 48.8 Å². The van der Waals surface area contributed by atoms with Gasteiger partial charge in [0.1, 0.15) is 5.82 Å². The molecule has 5 heteroatoms. The lowest BCUT2D eigenvalue weighted by Gasteiger charge is -2.25. The van der Waals surface area contributed by atoms with Crippen LogP contribution in [-0.4, -0.2) is 52.6 Å². The second-order valence-corrected chi connectivity index (χ2v) is 7.07. The van der Waals surface area contributed by atoms with Crippen molar-refractivity contribution in [3.8, 4) is 11.4 Å². The summed E-state index contributed by atoms with van der Waals surface area (Å²) in [6.07, 6.45) is 9.49. The number of fused-ring (bicyclic) bond motifs is 1. The van der Waals surface area contributed by atoms with Crippen molar-refractivity contribution in [2.45, 2.75) is 39.0 Å². The molecule has 0 saturated carbocycles. The largest absolute Gasteiger partial charge is 0.355 e. The standard InChI is InChI=1S/C20H27N5/c1-2-11-24-12-4-13-25(15-14-24)20-17-5-3-6-18(17)22-19(23-20)16-7-9-21-10-8-16/h7-10H,2-6,11-15H2,1H3. The molecule has 0 bridgehead atoms. The Balaban J connectivity index is 1.66. The van der Waals surface area contributed by atoms with Crippen LogP contribution in [-0.2, 0) is 12.8 Å². The first-order valence-electron chi connectivity index (χ1n) is 9.62. The number of hydrogen-bond donors (Lipinski definition) is 0. The van der Waals surface area contributed by atoms with Crippen molar-refractivity contribution in [1.82, 2.24) is 19.9 Å². The zero-order valence-electron chi connectivity index (χ0n) is 15.1. The molecule has 0 unspecified atom stereocenters. The lowest BCUT2D eigenvalue weighted by Crippen LogP contribution is -2.32. The highest BCUT2D eigenvalue weighted by atomic mass is 15.3. The normalized spacial score (nSPS) is 18.2. The van der Waals surface area contributed by atoms with Gasteiger partial charge in [-0.15, -0.1) is 0 Å². The van der Waals surface area contributed by atoms with E-state index in [0.29, 0.717) is 0 Å². The van der Waals surface area contributed by atoms with Crippen LogP contribution < -0.4 is 4.90 Å². The summed E-state index contributed by atoms with van der Waals surface area (Å²) < 4.78 is 0. The summed E-state index contributed by atoms with van der Waals surface area (Å²) >= 11 is 0. The minimum Gasteiger partial charge on any atom is -0.355 e. The van der Waals surface area contributed by atoms with E-state index < -0.39 is 0 Å². The number of hydrogen-bond acceptors (Lipinski definition) is 5. The van der Waals surface area contributed by atoms with Gasteiger partial charge in [0.05, 0.1) is 0 Å². The Morgan fingerprint density at radius 1 is 0.960 bits per heavy atom. The molecule has 5 nitrogen and oxygen atoms in total. The van der Waals surface area contributed by atoms with Crippen molar-refractivity contribution in [1.29, 1.82) is 0 Å². The quantitative estimate of drug-likeness (QED) is 0.858. The fraction of sp³-hybridized carbons (Fsp3) is 0.550. The van der Waals surface area contributed by atoms with E-state index in [0.717, 1.165) is 43.9 Å². The van der Waals surface area contributed by atoms with Gasteiger partial charge >= 0.3 is 0 Å². The van der Waals surface area contributed by atoms with Crippen LogP contribution in [0, 0.1) is 0 Å². The summed E-state index contributed by atoms with van der Waals surface area (Å²) in [5.41, 5.74) is 3.71. The smallest absolute Gasteiger partial charge is 0.161 e. The highest BCUT2D eigenvalue weighted by Gasteiger charge is 2.24. The van der Waals surface area contributed by atoms with Crippen LogP contribution in [0.3, 0.4) is 0 Å². The van der Waals surface area contributed by atoms with E-state index in [1.54, 1.807) is 0 Å². The highest BCUT2D eigenvalue weighted by Crippen LogP contribution is 2.31. The first-order chi connectivity index (χ1) is 12.3. The monoisotopic (exact) mass is 337 g/mol. The molecule has 1 aliphatic heterocycles. The third kappa shape index (κ3) is 3.52. The predicted octanol–water partition coefficient (Wildman–Crippen LogP) is 2.95. The molecule has 1 fully saturated rings. The molecule has 1 saturated heterocycles. The van der Waals surface area contributed by atoms with Gasteiger partial charge in [-0.1, -0.05) is 6.92 Å². The van der Waals surface area contributed by atoms with Crippen molar-refractivity contribution < 1.29 is 0 Å². The van der Waals surface area contributed by atoms with Crippen molar-refractivity contribution in [2.24, 2.45) is 0 Å². The van der Waals surface area contributed by atoms with E-state index in [-0.39, 0.29) is 0 Å². The molecule has 0 radical (unpaired) electrons. The number of nitrogens with zero attached hydrogens (tertiary/aromatic N) is 5. The molecule has 0 amide bonds. The Morgan fingerprint density at radius 2 is 1.84 bits per heavy atom. The molecule has 0 N–H and O–H groups in total. The lowest BCUT2D eigenvalue weighted by molar-refractivity contribution is 0.294. The summed E-state index contributed by atoms with van der Waals surface area (Å²) in [6.45, 7) is 7.98. The van der Waals surface area contributed by atoms with Crippen molar-refractivity contribution >= 4 is 5.82 Å². The fourth-order valence-corrected chi connectivity index (χ4v) is 4.03. The van der Waals surface area contributed by atoms with E-state index in [1.807, 2.05) is 24.5 Å². The fourth-order valence-electron chi connectivity index (χ4n) is 4.03. The average Bonchev–Trinajstić information content (AvgIpc) is 3.01. The molecular weight excluding hydrogens is 310 g/mol. The number of rotatable bonds is 4. The van der Waals surface area contributed by atoms with Gasteiger partial charge < -0.3 is 9.80 Å². The summed E-state index contributed by atoms with van der Waals surface area (Å²) in [5.74, 6) is 2.04. The molecule has 0 atom stereocenters. The summed E-state index contributed by atoms with van der Waals surface area (Å²) in [5, 5.41) is 0. The first-order valence-corrected chi connectivity index (χ1v) is 9.62. The summed E-state index contributed by atoms with van der Waals surface area (Å²) in [4.78, 5) is 19.1. The van der Waals surface area contributed by atoms with Crippen molar-refractivity contribution in [3.05, 3.63) is 35.8 Å². The van der Waals surface area contributed by atoms with E-state index in [9.17, 15) is 0 Å². The van der Waals surface area contributed by atoms with Gasteiger partial charge in [0.25, 0.3) is 0 Å². The molecule has 132 valence electrons. The topological polar surface area (TPSA) is 45.2 Å². The van der Waals surface area contributed by atoms with Gasteiger partial charge in [-0.05, 0) is 57.3 Å². The first kappa shape index (κ1) is 16.5. The van der Waals surface area contributed by atoms with Crippen LogP contribution in [0.2, 0.25) is 0 Å². The molecule has 3 heterocycles. The minimum absolute atomic E-state index is 0.854. The number of aromatic nitrogens is 3. The van der Waals surface area contributed by atoms with Crippen LogP contribution in [0.4, 0.5) is 5.82 Å². The Kier molecular flexibility index (Phi) is 4.92. The van der Waals surface area contributed by atoms with Gasteiger partial charge in [-0.2, -0.15) is 0 Å². The zero-order chi connectivity index (χ0) is 17.1. The van der Waals surface area contributed by atoms with Crippen molar-refractivity contribution in [2.75, 3.05) is 37.6 Å². The Labute approximate surface area is 150 Å². The molecular formula is C20H27N5. The van der Waals surface area contributed by atoms with E-state index >= 15 is 0 Å². The Bertz CT molecular complexity index is 716. The van der Waals surface area contributed by atoms with Crippen LogP contribution in [0.1, 0.15) is 37.4 Å². The van der Waals surface area contributed by atoms with Crippen molar-refractivity contribution in [3.63, 3.8) is 0 Å². The second-order valence-electron chi connectivity index (χ2n) is 7.07. The molecule has 2 aliphatic rings. The highest BCUT2D eigenvalue weighted by molar-refractivity contribution is 5.61. The lowest BCUT2D eigenvalue weighted by atomic mass is 10.2. The summed E-state index contributed by atoms with van der Waals surface area (Å²) in [6, 6.07) is 4.01. The second kappa shape index (κ2) is 7.48. The van der Waals surface area contributed by atoms with Crippen LogP contribution >= 0.6 is 0 Å². The van der Waals surface area contributed by atoms with Gasteiger partial charge in [0.15, 0.2) is 5.82 Å². The maximum atomic E-state index is 5.02. The molecule has 0 aromatic carbocycles. The molecule has 1 aliphatic carbocycles. The van der Waals surface area contributed by atoms with Crippen LogP contribution in [0.25, 0.3) is 11.4 Å².